The summed E-state index contributed by atoms with van der Waals surface area (Å²) in [5.74, 6) is 0. The summed E-state index contributed by atoms with van der Waals surface area (Å²) in [6, 6.07) is 7.12. The number of hydrogen-bond acceptors (Lipinski definition) is 4. The predicted molar refractivity (Wildman–Crippen MR) is 81.8 cm³/mol. The monoisotopic (exact) mass is 345 g/mol. The van der Waals surface area contributed by atoms with Crippen LogP contribution in [0.25, 0.3) is 0 Å². The number of nitrogens with zero attached hydrogens (tertiary/aromatic N) is 3. The molecule has 2 rings (SSSR count). The maximum absolute atomic E-state index is 12.6. The van der Waals surface area contributed by atoms with Crippen molar-refractivity contribution in [3.63, 3.8) is 0 Å². The third-order valence-electron chi connectivity index (χ3n) is 2.89. The van der Waals surface area contributed by atoms with Crippen LogP contribution in [-0.4, -0.2) is 29.2 Å². The maximum Gasteiger partial charge on any atom is 0.246 e. The van der Waals surface area contributed by atoms with Gasteiger partial charge in [-0.05, 0) is 23.2 Å². The van der Waals surface area contributed by atoms with E-state index in [-0.39, 0.29) is 16.7 Å². The summed E-state index contributed by atoms with van der Waals surface area (Å²) in [4.78, 5) is 7.42. The van der Waals surface area contributed by atoms with E-state index in [1.54, 1.807) is 25.1 Å². The van der Waals surface area contributed by atoms with Crippen LogP contribution in [0.2, 0.25) is 10.3 Å². The molecule has 0 amide bonds. The first-order chi connectivity index (χ1) is 9.95. The van der Waals surface area contributed by atoms with E-state index in [1.165, 1.54) is 16.7 Å². The van der Waals surface area contributed by atoms with Gasteiger partial charge in [0.25, 0.3) is 0 Å². The predicted octanol–water partition coefficient (Wildman–Crippen LogP) is 2.99. The molecule has 1 aromatic heterocycles. The smallest absolute Gasteiger partial charge is 0.225 e. The summed E-state index contributed by atoms with van der Waals surface area (Å²) in [5, 5.41) is 0.529. The van der Waals surface area contributed by atoms with E-state index < -0.39 is 10.0 Å². The van der Waals surface area contributed by atoms with E-state index in [0.29, 0.717) is 11.6 Å². The lowest BCUT2D eigenvalue weighted by atomic mass is 10.2. The Bertz CT molecular complexity index is 720. The average molecular weight is 346 g/mol. The largest absolute Gasteiger partial charge is 0.246 e. The molecule has 0 N–H and O–H groups in total. The number of aromatic nitrogens is 2. The Kier molecular flexibility index (Phi) is 5.16. The van der Waals surface area contributed by atoms with Gasteiger partial charge in [-0.2, -0.15) is 4.31 Å². The SMILES string of the molecule is CCN(Cc1ccccc1Cl)S(=O)(=O)c1cnc(Cl)nc1. The quantitative estimate of drug-likeness (QED) is 0.781. The van der Waals surface area contributed by atoms with Gasteiger partial charge >= 0.3 is 0 Å². The van der Waals surface area contributed by atoms with Gasteiger partial charge in [0.05, 0.1) is 12.4 Å². The highest BCUT2D eigenvalue weighted by Gasteiger charge is 2.24. The molecule has 8 heteroatoms. The van der Waals surface area contributed by atoms with Crippen molar-refractivity contribution < 1.29 is 8.42 Å². The van der Waals surface area contributed by atoms with Crippen LogP contribution >= 0.6 is 23.2 Å². The van der Waals surface area contributed by atoms with Gasteiger partial charge in [0.15, 0.2) is 0 Å². The Morgan fingerprint density at radius 1 is 1.14 bits per heavy atom. The lowest BCUT2D eigenvalue weighted by molar-refractivity contribution is 0.423. The van der Waals surface area contributed by atoms with Gasteiger partial charge in [0, 0.05) is 18.1 Å². The Labute approximate surface area is 133 Å². The van der Waals surface area contributed by atoms with Crippen molar-refractivity contribution in [2.24, 2.45) is 0 Å². The molecule has 0 aliphatic carbocycles. The molecule has 5 nitrogen and oxygen atoms in total. The van der Waals surface area contributed by atoms with Crippen molar-refractivity contribution in [3.8, 4) is 0 Å². The highest BCUT2D eigenvalue weighted by Crippen LogP contribution is 2.21. The van der Waals surface area contributed by atoms with Gasteiger partial charge in [-0.1, -0.05) is 36.7 Å². The molecule has 0 atom stereocenters. The minimum absolute atomic E-state index is 0.000744. The molecular weight excluding hydrogens is 333 g/mol. The van der Waals surface area contributed by atoms with E-state index in [2.05, 4.69) is 9.97 Å². The highest BCUT2D eigenvalue weighted by molar-refractivity contribution is 7.89. The molecule has 0 saturated heterocycles. The van der Waals surface area contributed by atoms with Gasteiger partial charge in [-0.25, -0.2) is 18.4 Å². The number of sulfonamides is 1. The number of benzene rings is 1. The van der Waals surface area contributed by atoms with Crippen molar-refractivity contribution in [1.82, 2.24) is 14.3 Å². The molecule has 0 unspecified atom stereocenters. The van der Waals surface area contributed by atoms with E-state index in [4.69, 9.17) is 23.2 Å². The first-order valence-corrected chi connectivity index (χ1v) is 8.36. The summed E-state index contributed by atoms with van der Waals surface area (Å²) < 4.78 is 26.4. The van der Waals surface area contributed by atoms with Crippen LogP contribution in [0.3, 0.4) is 0 Å². The van der Waals surface area contributed by atoms with E-state index in [1.807, 2.05) is 6.07 Å². The van der Waals surface area contributed by atoms with E-state index in [0.717, 1.165) is 5.56 Å². The Morgan fingerprint density at radius 3 is 2.33 bits per heavy atom. The summed E-state index contributed by atoms with van der Waals surface area (Å²) in [6.07, 6.45) is 2.39. The lowest BCUT2D eigenvalue weighted by Crippen LogP contribution is -2.30. The number of rotatable bonds is 5. The fourth-order valence-electron chi connectivity index (χ4n) is 1.77. The standard InChI is InChI=1S/C13H13Cl2N3O2S/c1-2-18(9-10-5-3-4-6-12(10)14)21(19,20)11-7-16-13(15)17-8-11/h3-8H,2,9H2,1H3. The van der Waals surface area contributed by atoms with E-state index in [9.17, 15) is 8.42 Å². The van der Waals surface area contributed by atoms with E-state index >= 15 is 0 Å². The molecule has 0 fully saturated rings. The van der Waals surface area contributed by atoms with Gasteiger partial charge < -0.3 is 0 Å². The fourth-order valence-corrected chi connectivity index (χ4v) is 3.38. The third-order valence-corrected chi connectivity index (χ3v) is 5.33. The van der Waals surface area contributed by atoms with Crippen molar-refractivity contribution >= 4 is 33.2 Å². The lowest BCUT2D eigenvalue weighted by Gasteiger charge is -2.20. The number of hydrogen-bond donors (Lipinski definition) is 0. The van der Waals surface area contributed by atoms with Gasteiger partial charge in [0.2, 0.25) is 15.3 Å². The maximum atomic E-state index is 12.6. The second-order valence-corrected chi connectivity index (χ2v) is 6.89. The second kappa shape index (κ2) is 6.70. The van der Waals surface area contributed by atoms with Gasteiger partial charge in [-0.15, -0.1) is 0 Å². The van der Waals surface area contributed by atoms with Crippen LogP contribution in [0.4, 0.5) is 0 Å². The number of halogens is 2. The van der Waals surface area contributed by atoms with Crippen LogP contribution < -0.4 is 0 Å². The fraction of sp³-hybridized carbons (Fsp3) is 0.231. The van der Waals surface area contributed by atoms with Crippen molar-refractivity contribution in [2.45, 2.75) is 18.4 Å². The molecule has 0 bridgehead atoms. The van der Waals surface area contributed by atoms with Gasteiger partial charge in [0.1, 0.15) is 4.90 Å². The molecule has 1 aromatic carbocycles. The average Bonchev–Trinajstić information content (AvgIpc) is 2.46. The van der Waals surface area contributed by atoms with Crippen LogP contribution in [0.1, 0.15) is 12.5 Å². The molecule has 2 aromatic rings. The first-order valence-electron chi connectivity index (χ1n) is 6.16. The van der Waals surface area contributed by atoms with Crippen LogP contribution in [0, 0.1) is 0 Å². The van der Waals surface area contributed by atoms with Crippen molar-refractivity contribution in [2.75, 3.05) is 6.54 Å². The Balaban J connectivity index is 2.32. The topological polar surface area (TPSA) is 63.2 Å². The van der Waals surface area contributed by atoms with Crippen LogP contribution in [0.5, 0.6) is 0 Å². The minimum Gasteiger partial charge on any atom is -0.225 e. The molecular formula is C13H13Cl2N3O2S. The summed E-state index contributed by atoms with van der Waals surface area (Å²) in [5.41, 5.74) is 0.736. The molecule has 0 radical (unpaired) electrons. The molecule has 0 saturated carbocycles. The molecule has 1 heterocycles. The normalized spacial score (nSPS) is 11.8. The molecule has 0 aliphatic rings. The Morgan fingerprint density at radius 2 is 1.76 bits per heavy atom. The zero-order chi connectivity index (χ0) is 15.5. The first kappa shape index (κ1) is 16.2. The molecule has 0 aliphatic heterocycles. The summed E-state index contributed by atoms with van der Waals surface area (Å²) in [6.45, 7) is 2.24. The molecule has 0 spiro atoms. The molecule has 112 valence electrons. The summed E-state index contributed by atoms with van der Waals surface area (Å²) in [7, 11) is -3.69. The zero-order valence-electron chi connectivity index (χ0n) is 11.2. The highest BCUT2D eigenvalue weighted by atomic mass is 35.5. The van der Waals surface area contributed by atoms with Gasteiger partial charge in [-0.3, -0.25) is 0 Å². The zero-order valence-corrected chi connectivity index (χ0v) is 13.5. The third kappa shape index (κ3) is 3.71. The van der Waals surface area contributed by atoms with Crippen LogP contribution in [-0.2, 0) is 16.6 Å². The Hall–Kier alpha value is -1.21. The second-order valence-electron chi connectivity index (χ2n) is 4.21. The summed E-state index contributed by atoms with van der Waals surface area (Å²) >= 11 is 11.7. The van der Waals surface area contributed by atoms with Crippen molar-refractivity contribution in [1.29, 1.82) is 0 Å². The van der Waals surface area contributed by atoms with Crippen LogP contribution in [0.15, 0.2) is 41.6 Å². The molecule has 21 heavy (non-hydrogen) atoms. The minimum atomic E-state index is -3.69. The van der Waals surface area contributed by atoms with Crippen molar-refractivity contribution in [3.05, 3.63) is 52.5 Å².